The Bertz CT molecular complexity index is 309. The smallest absolute Gasteiger partial charge is 0.248 e. The van der Waals surface area contributed by atoms with Crippen LogP contribution in [-0.4, -0.2) is 74.2 Å². The number of nitrogens with zero attached hydrogens (tertiary/aromatic N) is 2. The van der Waals surface area contributed by atoms with E-state index in [0.717, 1.165) is 45.6 Å². The number of hydrogen-bond donors (Lipinski definition) is 1. The fourth-order valence-corrected chi connectivity index (χ4v) is 3.12. The van der Waals surface area contributed by atoms with E-state index in [1.165, 1.54) is 19.3 Å². The summed E-state index contributed by atoms with van der Waals surface area (Å²) in [4.78, 5) is 16.3. The summed E-state index contributed by atoms with van der Waals surface area (Å²) >= 11 is 0. The number of nitrogens with one attached hydrogen (secondary N) is 1. The van der Waals surface area contributed by atoms with E-state index in [0.29, 0.717) is 6.04 Å². The Morgan fingerprint density at radius 3 is 2.43 bits per heavy atom. The monoisotopic (exact) mass is 297 g/mol. The van der Waals surface area contributed by atoms with Crippen LogP contribution in [0.25, 0.3) is 0 Å². The quantitative estimate of drug-likeness (QED) is 0.797. The van der Waals surface area contributed by atoms with Gasteiger partial charge in [0, 0.05) is 32.2 Å². The first kappa shape index (κ1) is 16.7. The lowest BCUT2D eigenvalue weighted by atomic mass is 9.93. The number of rotatable bonds is 6. The maximum atomic E-state index is 12.1. The van der Waals surface area contributed by atoms with Gasteiger partial charge in [0.25, 0.3) is 0 Å². The normalized spacial score (nSPS) is 27.8. The molecule has 1 N–H and O–H groups in total. The molecule has 5 nitrogen and oxygen atoms in total. The topological polar surface area (TPSA) is 44.8 Å². The van der Waals surface area contributed by atoms with Gasteiger partial charge < -0.3 is 19.9 Å². The zero-order valence-electron chi connectivity index (χ0n) is 13.6. The average Bonchev–Trinajstić information content (AvgIpc) is 2.52. The van der Waals surface area contributed by atoms with Gasteiger partial charge in [-0.05, 0) is 45.7 Å². The van der Waals surface area contributed by atoms with Crippen LogP contribution in [0.5, 0.6) is 0 Å². The first-order valence-electron chi connectivity index (χ1n) is 8.50. The minimum atomic E-state index is 0.161. The summed E-state index contributed by atoms with van der Waals surface area (Å²) in [5, 5.41) is 3.58. The molecule has 0 aromatic rings. The van der Waals surface area contributed by atoms with Gasteiger partial charge in [0.1, 0.15) is 6.61 Å². The van der Waals surface area contributed by atoms with Crippen LogP contribution in [0, 0.1) is 0 Å². The van der Waals surface area contributed by atoms with Crippen molar-refractivity contribution < 1.29 is 9.53 Å². The SMILES string of the molecule is CCCNC1CCC(OCC(=O)N2CCN(C)CC2)CC1. The highest BCUT2D eigenvalue weighted by Crippen LogP contribution is 2.21. The van der Waals surface area contributed by atoms with Gasteiger partial charge in [0.05, 0.1) is 6.10 Å². The molecule has 1 aliphatic carbocycles. The summed E-state index contributed by atoms with van der Waals surface area (Å²) in [6.07, 6.45) is 5.98. The number of carbonyl (C=O) groups is 1. The zero-order valence-corrected chi connectivity index (χ0v) is 13.6. The Kier molecular flexibility index (Phi) is 6.93. The molecule has 2 fully saturated rings. The molecule has 0 bridgehead atoms. The highest BCUT2D eigenvalue weighted by molar-refractivity contribution is 5.77. The minimum Gasteiger partial charge on any atom is -0.368 e. The molecule has 5 heteroatoms. The molecular weight excluding hydrogens is 266 g/mol. The van der Waals surface area contributed by atoms with Crippen molar-refractivity contribution in [3.8, 4) is 0 Å². The molecule has 0 aromatic heterocycles. The maximum absolute atomic E-state index is 12.1. The Labute approximate surface area is 129 Å². The molecule has 0 radical (unpaired) electrons. The molecule has 21 heavy (non-hydrogen) atoms. The van der Waals surface area contributed by atoms with Gasteiger partial charge in [-0.15, -0.1) is 0 Å². The fourth-order valence-electron chi connectivity index (χ4n) is 3.12. The molecule has 1 heterocycles. The number of ether oxygens (including phenoxy) is 1. The van der Waals surface area contributed by atoms with Crippen LogP contribution in [0.4, 0.5) is 0 Å². The molecular formula is C16H31N3O2. The average molecular weight is 297 g/mol. The molecule has 0 spiro atoms. The third-order valence-corrected chi connectivity index (χ3v) is 4.66. The third-order valence-electron chi connectivity index (χ3n) is 4.66. The number of amides is 1. The molecule has 0 atom stereocenters. The molecule has 2 aliphatic rings. The van der Waals surface area contributed by atoms with E-state index in [9.17, 15) is 4.79 Å². The molecule has 1 saturated carbocycles. The second kappa shape index (κ2) is 8.71. The van der Waals surface area contributed by atoms with Gasteiger partial charge in [-0.25, -0.2) is 0 Å². The highest BCUT2D eigenvalue weighted by Gasteiger charge is 2.24. The Balaban J connectivity index is 1.60. The summed E-state index contributed by atoms with van der Waals surface area (Å²) in [5.74, 6) is 0.161. The van der Waals surface area contributed by atoms with Gasteiger partial charge in [-0.3, -0.25) is 4.79 Å². The van der Waals surface area contributed by atoms with Gasteiger partial charge in [0.15, 0.2) is 0 Å². The minimum absolute atomic E-state index is 0.161. The second-order valence-electron chi connectivity index (χ2n) is 6.42. The number of piperazine rings is 1. The molecule has 1 aliphatic heterocycles. The van der Waals surface area contributed by atoms with E-state index < -0.39 is 0 Å². The molecule has 2 rings (SSSR count). The molecule has 0 aromatic carbocycles. The van der Waals surface area contributed by atoms with Crippen molar-refractivity contribution in [2.24, 2.45) is 0 Å². The lowest BCUT2D eigenvalue weighted by molar-refractivity contribution is -0.140. The Morgan fingerprint density at radius 2 is 1.81 bits per heavy atom. The van der Waals surface area contributed by atoms with Crippen molar-refractivity contribution in [1.29, 1.82) is 0 Å². The highest BCUT2D eigenvalue weighted by atomic mass is 16.5. The van der Waals surface area contributed by atoms with Crippen LogP contribution in [0.2, 0.25) is 0 Å². The Hall–Kier alpha value is -0.650. The van der Waals surface area contributed by atoms with E-state index in [4.69, 9.17) is 4.74 Å². The largest absolute Gasteiger partial charge is 0.368 e. The van der Waals surface area contributed by atoms with Gasteiger partial charge in [-0.2, -0.15) is 0 Å². The van der Waals surface area contributed by atoms with Crippen LogP contribution >= 0.6 is 0 Å². The van der Waals surface area contributed by atoms with E-state index in [1.54, 1.807) is 0 Å². The van der Waals surface area contributed by atoms with Crippen LogP contribution in [0.15, 0.2) is 0 Å². The lowest BCUT2D eigenvalue weighted by Crippen LogP contribution is -2.48. The third kappa shape index (κ3) is 5.57. The first-order chi connectivity index (χ1) is 10.2. The summed E-state index contributed by atoms with van der Waals surface area (Å²) < 4.78 is 5.85. The van der Waals surface area contributed by atoms with E-state index in [-0.39, 0.29) is 18.6 Å². The molecule has 122 valence electrons. The molecule has 0 unspecified atom stereocenters. The summed E-state index contributed by atoms with van der Waals surface area (Å²) in [6.45, 7) is 7.20. The van der Waals surface area contributed by atoms with Crippen LogP contribution in [-0.2, 0) is 9.53 Å². The van der Waals surface area contributed by atoms with Crippen molar-refractivity contribution in [2.45, 2.75) is 51.2 Å². The van der Waals surface area contributed by atoms with Crippen molar-refractivity contribution in [3.63, 3.8) is 0 Å². The fraction of sp³-hybridized carbons (Fsp3) is 0.938. The second-order valence-corrected chi connectivity index (χ2v) is 6.42. The van der Waals surface area contributed by atoms with Crippen molar-refractivity contribution in [3.05, 3.63) is 0 Å². The molecule has 1 saturated heterocycles. The summed E-state index contributed by atoms with van der Waals surface area (Å²) in [6, 6.07) is 0.651. The van der Waals surface area contributed by atoms with Crippen molar-refractivity contribution in [2.75, 3.05) is 46.4 Å². The first-order valence-corrected chi connectivity index (χ1v) is 8.50. The maximum Gasteiger partial charge on any atom is 0.248 e. The number of likely N-dealkylation sites (N-methyl/N-ethyl adjacent to an activating group) is 1. The molecule has 1 amide bonds. The number of carbonyl (C=O) groups excluding carboxylic acids is 1. The Morgan fingerprint density at radius 1 is 1.14 bits per heavy atom. The van der Waals surface area contributed by atoms with E-state index in [2.05, 4.69) is 24.2 Å². The van der Waals surface area contributed by atoms with E-state index >= 15 is 0 Å². The van der Waals surface area contributed by atoms with Crippen molar-refractivity contribution >= 4 is 5.91 Å². The summed E-state index contributed by atoms with van der Waals surface area (Å²) in [5.41, 5.74) is 0. The van der Waals surface area contributed by atoms with Crippen LogP contribution < -0.4 is 5.32 Å². The van der Waals surface area contributed by atoms with Crippen molar-refractivity contribution in [1.82, 2.24) is 15.1 Å². The van der Waals surface area contributed by atoms with Crippen LogP contribution in [0.1, 0.15) is 39.0 Å². The van der Waals surface area contributed by atoms with Gasteiger partial charge in [-0.1, -0.05) is 6.92 Å². The predicted octanol–water partition coefficient (Wildman–Crippen LogP) is 1.09. The zero-order chi connectivity index (χ0) is 15.1. The van der Waals surface area contributed by atoms with Gasteiger partial charge in [0.2, 0.25) is 5.91 Å². The summed E-state index contributed by atoms with van der Waals surface area (Å²) in [7, 11) is 2.10. The predicted molar refractivity (Wildman–Crippen MR) is 84.4 cm³/mol. The van der Waals surface area contributed by atoms with E-state index in [1.807, 2.05) is 4.90 Å². The standard InChI is InChI=1S/C16H31N3O2/c1-3-8-17-14-4-6-15(7-5-14)21-13-16(20)19-11-9-18(2)10-12-19/h14-15,17H,3-13H2,1-2H3. The van der Waals surface area contributed by atoms with Gasteiger partial charge >= 0.3 is 0 Å². The number of hydrogen-bond acceptors (Lipinski definition) is 4. The lowest BCUT2D eigenvalue weighted by Gasteiger charge is -2.33. The van der Waals surface area contributed by atoms with Crippen LogP contribution in [0.3, 0.4) is 0 Å².